The highest BCUT2D eigenvalue weighted by molar-refractivity contribution is 7.07. The molecule has 0 aliphatic rings. The third kappa shape index (κ3) is 1.74. The Hall–Kier alpha value is -0.970. The quantitative estimate of drug-likeness (QED) is 0.537. The summed E-state index contributed by atoms with van der Waals surface area (Å²) in [6, 6.07) is 0. The Morgan fingerprint density at radius 3 is 2.91 bits per heavy atom. The van der Waals surface area contributed by atoms with Crippen molar-refractivity contribution in [1.82, 2.24) is 9.59 Å². The van der Waals surface area contributed by atoms with Crippen molar-refractivity contribution in [3.63, 3.8) is 0 Å². The van der Waals surface area contributed by atoms with Crippen LogP contribution in [0.3, 0.4) is 0 Å². The Bertz CT molecular complexity index is 258. The van der Waals surface area contributed by atoms with Gasteiger partial charge in [-0.1, -0.05) is 4.49 Å². The summed E-state index contributed by atoms with van der Waals surface area (Å²) in [5.41, 5.74) is 0.758. The van der Waals surface area contributed by atoms with Crippen LogP contribution in [0.15, 0.2) is 0 Å². The molecule has 0 aromatic carbocycles. The third-order valence-electron chi connectivity index (χ3n) is 1.15. The second-order valence-corrected chi connectivity index (χ2v) is 2.70. The van der Waals surface area contributed by atoms with Gasteiger partial charge in [-0.3, -0.25) is 5.41 Å². The van der Waals surface area contributed by atoms with E-state index in [4.69, 9.17) is 10.1 Å². The lowest BCUT2D eigenvalue weighted by molar-refractivity contribution is 0.326. The van der Waals surface area contributed by atoms with Gasteiger partial charge >= 0.3 is 0 Å². The van der Waals surface area contributed by atoms with Crippen molar-refractivity contribution in [2.45, 2.75) is 13.8 Å². The number of aryl methyl sites for hydroxylation is 1. The number of nitrogens with zero attached hydrogens (tertiary/aromatic N) is 2. The molecule has 0 aliphatic carbocycles. The molecule has 0 saturated carbocycles. The lowest BCUT2D eigenvalue weighted by atomic mass is 10.4. The number of hydrogen-bond donors (Lipinski definition) is 1. The van der Waals surface area contributed by atoms with Crippen molar-refractivity contribution in [3.05, 3.63) is 10.6 Å². The van der Waals surface area contributed by atoms with Gasteiger partial charge in [0.15, 0.2) is 0 Å². The van der Waals surface area contributed by atoms with Gasteiger partial charge in [0.25, 0.3) is 0 Å². The van der Waals surface area contributed by atoms with E-state index in [0.29, 0.717) is 11.5 Å². The van der Waals surface area contributed by atoms with Crippen molar-refractivity contribution >= 4 is 17.4 Å². The molecule has 5 heteroatoms. The fourth-order valence-electron chi connectivity index (χ4n) is 0.650. The van der Waals surface area contributed by atoms with Crippen LogP contribution in [0.25, 0.3) is 0 Å². The minimum absolute atomic E-state index is 0.167. The highest BCUT2D eigenvalue weighted by Crippen LogP contribution is 2.09. The predicted molar refractivity (Wildman–Crippen MR) is 43.1 cm³/mol. The van der Waals surface area contributed by atoms with Crippen LogP contribution in [0.1, 0.15) is 17.5 Å². The molecule has 4 nitrogen and oxygen atoms in total. The maximum atomic E-state index is 7.40. The Labute approximate surface area is 68.9 Å². The molecule has 11 heavy (non-hydrogen) atoms. The number of ether oxygens (including phenoxy) is 1. The van der Waals surface area contributed by atoms with Gasteiger partial charge < -0.3 is 4.74 Å². The van der Waals surface area contributed by atoms with Crippen LogP contribution in [-0.2, 0) is 4.74 Å². The molecule has 1 aromatic heterocycles. The van der Waals surface area contributed by atoms with Crippen LogP contribution >= 0.6 is 11.5 Å². The first-order valence-electron chi connectivity index (χ1n) is 3.26. The van der Waals surface area contributed by atoms with E-state index in [1.807, 2.05) is 13.8 Å². The first-order chi connectivity index (χ1) is 5.25. The number of rotatable bonds is 2. The summed E-state index contributed by atoms with van der Waals surface area (Å²) >= 11 is 1.19. The minimum atomic E-state index is 0.167. The third-order valence-corrected chi connectivity index (χ3v) is 1.97. The summed E-state index contributed by atoms with van der Waals surface area (Å²) < 4.78 is 8.68. The summed E-state index contributed by atoms with van der Waals surface area (Å²) in [6.45, 7) is 4.17. The number of nitrogens with one attached hydrogen (secondary N) is 1. The minimum Gasteiger partial charge on any atom is -0.477 e. The van der Waals surface area contributed by atoms with Gasteiger partial charge in [-0.05, 0) is 25.4 Å². The summed E-state index contributed by atoms with van der Waals surface area (Å²) in [6.07, 6.45) is 0. The van der Waals surface area contributed by atoms with E-state index in [1.54, 1.807) is 0 Å². The van der Waals surface area contributed by atoms with E-state index >= 15 is 0 Å². The Kier molecular flexibility index (Phi) is 2.53. The Morgan fingerprint density at radius 2 is 2.45 bits per heavy atom. The van der Waals surface area contributed by atoms with Crippen molar-refractivity contribution < 1.29 is 4.74 Å². The molecule has 0 aliphatic heterocycles. The molecule has 0 radical (unpaired) electrons. The molecular weight excluding hydrogens is 162 g/mol. The average molecular weight is 171 g/mol. The van der Waals surface area contributed by atoms with Gasteiger partial charge in [0, 0.05) is 0 Å². The molecule has 0 atom stereocenters. The van der Waals surface area contributed by atoms with E-state index < -0.39 is 0 Å². The van der Waals surface area contributed by atoms with Crippen molar-refractivity contribution in [3.8, 4) is 0 Å². The van der Waals surface area contributed by atoms with Crippen LogP contribution < -0.4 is 0 Å². The summed E-state index contributed by atoms with van der Waals surface area (Å²) in [5.74, 6) is 0.167. The molecule has 60 valence electrons. The van der Waals surface area contributed by atoms with Gasteiger partial charge in [0.05, 0.1) is 12.3 Å². The molecule has 1 heterocycles. The molecule has 0 saturated heterocycles. The second kappa shape index (κ2) is 3.43. The SMILES string of the molecule is CCOC(=N)c1snnc1C. The molecule has 1 rings (SSSR count). The van der Waals surface area contributed by atoms with Gasteiger partial charge in [0.2, 0.25) is 5.90 Å². The number of hydrogen-bond acceptors (Lipinski definition) is 5. The zero-order valence-electron chi connectivity index (χ0n) is 6.42. The molecular formula is C6H9N3OS. The molecule has 0 spiro atoms. The van der Waals surface area contributed by atoms with Crippen LogP contribution in [0, 0.1) is 12.3 Å². The summed E-state index contributed by atoms with van der Waals surface area (Å²) in [4.78, 5) is 0.715. The summed E-state index contributed by atoms with van der Waals surface area (Å²) in [7, 11) is 0. The maximum absolute atomic E-state index is 7.40. The van der Waals surface area contributed by atoms with E-state index in [1.165, 1.54) is 11.5 Å². The largest absolute Gasteiger partial charge is 0.477 e. The first kappa shape index (κ1) is 8.13. The van der Waals surface area contributed by atoms with Gasteiger partial charge in [-0.2, -0.15) is 0 Å². The Balaban J connectivity index is 2.76. The van der Waals surface area contributed by atoms with Crippen LogP contribution in [0.5, 0.6) is 0 Å². The van der Waals surface area contributed by atoms with E-state index in [-0.39, 0.29) is 5.90 Å². The van der Waals surface area contributed by atoms with Crippen LogP contribution in [0.4, 0.5) is 0 Å². The van der Waals surface area contributed by atoms with E-state index in [0.717, 1.165) is 5.69 Å². The number of aromatic nitrogens is 2. The molecule has 0 amide bonds. The fraction of sp³-hybridized carbons (Fsp3) is 0.500. The summed E-state index contributed by atoms with van der Waals surface area (Å²) in [5, 5.41) is 11.2. The van der Waals surface area contributed by atoms with Crippen molar-refractivity contribution in [2.24, 2.45) is 0 Å². The van der Waals surface area contributed by atoms with E-state index in [9.17, 15) is 0 Å². The lowest BCUT2D eigenvalue weighted by Crippen LogP contribution is -2.03. The maximum Gasteiger partial charge on any atom is 0.227 e. The molecule has 1 N–H and O–H groups in total. The predicted octanol–water partition coefficient (Wildman–Crippen LogP) is 1.21. The monoisotopic (exact) mass is 171 g/mol. The van der Waals surface area contributed by atoms with Crippen LogP contribution in [-0.4, -0.2) is 22.1 Å². The normalized spacial score (nSPS) is 9.64. The van der Waals surface area contributed by atoms with Gasteiger partial charge in [0.1, 0.15) is 4.88 Å². The average Bonchev–Trinajstić information content (AvgIpc) is 2.36. The Morgan fingerprint density at radius 1 is 1.73 bits per heavy atom. The zero-order chi connectivity index (χ0) is 8.27. The smallest absolute Gasteiger partial charge is 0.227 e. The molecule has 0 unspecified atom stereocenters. The van der Waals surface area contributed by atoms with Gasteiger partial charge in [-0.15, -0.1) is 5.10 Å². The van der Waals surface area contributed by atoms with Gasteiger partial charge in [-0.25, -0.2) is 0 Å². The van der Waals surface area contributed by atoms with Crippen molar-refractivity contribution in [1.29, 1.82) is 5.41 Å². The molecule has 1 aromatic rings. The highest BCUT2D eigenvalue weighted by Gasteiger charge is 2.09. The van der Waals surface area contributed by atoms with Crippen LogP contribution in [0.2, 0.25) is 0 Å². The topological polar surface area (TPSA) is 58.9 Å². The zero-order valence-corrected chi connectivity index (χ0v) is 7.23. The lowest BCUT2D eigenvalue weighted by Gasteiger charge is -2.00. The molecule has 0 bridgehead atoms. The fourth-order valence-corrected chi connectivity index (χ4v) is 1.21. The molecule has 0 fully saturated rings. The highest BCUT2D eigenvalue weighted by atomic mass is 32.1. The first-order valence-corrected chi connectivity index (χ1v) is 4.03. The second-order valence-electron chi connectivity index (χ2n) is 1.95. The van der Waals surface area contributed by atoms with Crippen molar-refractivity contribution in [2.75, 3.05) is 6.61 Å². The standard InChI is InChI=1S/C6H9N3OS/c1-3-10-6(7)5-4(2)8-9-11-5/h7H,3H2,1-2H3. The van der Waals surface area contributed by atoms with E-state index in [2.05, 4.69) is 9.59 Å².